The molecular weight excluding hydrogens is 275 g/mol. The van der Waals surface area contributed by atoms with E-state index < -0.39 is 24.1 Å². The molecule has 112 valence electrons. The van der Waals surface area contributed by atoms with Gasteiger partial charge in [0, 0.05) is 6.54 Å². The average molecular weight is 291 g/mol. The van der Waals surface area contributed by atoms with Crippen molar-refractivity contribution in [2.45, 2.75) is 31.7 Å². The van der Waals surface area contributed by atoms with Crippen LogP contribution in [0.2, 0.25) is 0 Å². The van der Waals surface area contributed by atoms with Crippen molar-refractivity contribution in [3.05, 3.63) is 29.8 Å². The first-order valence-corrected chi connectivity index (χ1v) is 5.84. The van der Waals surface area contributed by atoms with Crippen molar-refractivity contribution in [3.8, 4) is 5.75 Å². The summed E-state index contributed by atoms with van der Waals surface area (Å²) in [4.78, 5) is 11.4. The number of hydrogen-bond donors (Lipinski definition) is 2. The molecule has 0 aliphatic rings. The average Bonchev–Trinajstić information content (AvgIpc) is 2.35. The van der Waals surface area contributed by atoms with Gasteiger partial charge in [-0.15, -0.1) is 0 Å². The molecule has 0 unspecified atom stereocenters. The fourth-order valence-electron chi connectivity index (χ4n) is 1.46. The molecule has 1 amide bonds. The molecule has 1 atom stereocenters. The number of methoxy groups -OCH3 is 1. The van der Waals surface area contributed by atoms with E-state index in [1.54, 1.807) is 24.3 Å². The van der Waals surface area contributed by atoms with Crippen LogP contribution in [0.25, 0.3) is 0 Å². The Morgan fingerprint density at radius 1 is 1.40 bits per heavy atom. The van der Waals surface area contributed by atoms with Gasteiger partial charge in [0.2, 0.25) is 5.91 Å². The quantitative estimate of drug-likeness (QED) is 0.872. The van der Waals surface area contributed by atoms with Crippen LogP contribution in [0.5, 0.6) is 5.75 Å². The van der Waals surface area contributed by atoms with Gasteiger partial charge in [0.1, 0.15) is 5.75 Å². The molecule has 1 aromatic carbocycles. The number of aliphatic hydroxyl groups is 1. The van der Waals surface area contributed by atoms with Crippen molar-refractivity contribution in [2.24, 2.45) is 0 Å². The highest BCUT2D eigenvalue weighted by molar-refractivity contribution is 5.77. The van der Waals surface area contributed by atoms with Gasteiger partial charge in [-0.05, 0) is 24.6 Å². The zero-order chi connectivity index (χ0) is 15.4. The van der Waals surface area contributed by atoms with E-state index in [4.69, 9.17) is 4.74 Å². The van der Waals surface area contributed by atoms with Crippen LogP contribution in [0.1, 0.15) is 18.9 Å². The van der Waals surface area contributed by atoms with Gasteiger partial charge >= 0.3 is 6.18 Å². The molecule has 0 fully saturated rings. The van der Waals surface area contributed by atoms with E-state index in [0.29, 0.717) is 18.2 Å². The standard InChI is InChI=1S/C13H16F3NO3/c1-12(19,13(14,15)16)7-11(18)17-8-9-4-3-5-10(6-9)20-2/h3-6,19H,7-8H2,1-2H3,(H,17,18)/t12-/m1/s1. The van der Waals surface area contributed by atoms with Crippen LogP contribution in [0, 0.1) is 0 Å². The van der Waals surface area contributed by atoms with Gasteiger partial charge in [-0.2, -0.15) is 13.2 Å². The van der Waals surface area contributed by atoms with E-state index in [2.05, 4.69) is 5.32 Å². The summed E-state index contributed by atoms with van der Waals surface area (Å²) >= 11 is 0. The minimum absolute atomic E-state index is 0.0595. The van der Waals surface area contributed by atoms with Crippen LogP contribution in [0.3, 0.4) is 0 Å². The topological polar surface area (TPSA) is 58.6 Å². The Hall–Kier alpha value is -1.76. The van der Waals surface area contributed by atoms with Crippen molar-refractivity contribution in [3.63, 3.8) is 0 Å². The molecule has 0 saturated heterocycles. The van der Waals surface area contributed by atoms with Crippen molar-refractivity contribution < 1.29 is 27.8 Å². The van der Waals surface area contributed by atoms with E-state index in [-0.39, 0.29) is 6.54 Å². The molecule has 1 aromatic rings. The van der Waals surface area contributed by atoms with Gasteiger partial charge in [-0.3, -0.25) is 4.79 Å². The highest BCUT2D eigenvalue weighted by Gasteiger charge is 2.50. The molecule has 0 aliphatic carbocycles. The zero-order valence-corrected chi connectivity index (χ0v) is 11.1. The van der Waals surface area contributed by atoms with Crippen LogP contribution < -0.4 is 10.1 Å². The number of ether oxygens (including phenoxy) is 1. The lowest BCUT2D eigenvalue weighted by atomic mass is 10.0. The van der Waals surface area contributed by atoms with Crippen LogP contribution >= 0.6 is 0 Å². The molecule has 7 heteroatoms. The number of nitrogens with one attached hydrogen (secondary N) is 1. The lowest BCUT2D eigenvalue weighted by molar-refractivity contribution is -0.253. The van der Waals surface area contributed by atoms with E-state index >= 15 is 0 Å². The number of alkyl halides is 3. The second kappa shape index (κ2) is 6.13. The minimum atomic E-state index is -4.85. The maximum Gasteiger partial charge on any atom is 0.417 e. The molecule has 0 spiro atoms. The summed E-state index contributed by atoms with van der Waals surface area (Å²) in [6.45, 7) is 0.627. The van der Waals surface area contributed by atoms with Crippen molar-refractivity contribution >= 4 is 5.91 Å². The molecule has 2 N–H and O–H groups in total. The smallest absolute Gasteiger partial charge is 0.417 e. The molecule has 0 aliphatic heterocycles. The molecule has 0 aromatic heterocycles. The Bertz CT molecular complexity index is 472. The van der Waals surface area contributed by atoms with Crippen LogP contribution in [0.15, 0.2) is 24.3 Å². The second-order valence-electron chi connectivity index (χ2n) is 4.58. The van der Waals surface area contributed by atoms with E-state index in [9.17, 15) is 23.1 Å². The maximum absolute atomic E-state index is 12.4. The Kier molecular flexibility index (Phi) is 4.99. The predicted octanol–water partition coefficient (Wildman–Crippen LogP) is 2.01. The number of amides is 1. The van der Waals surface area contributed by atoms with Crippen molar-refractivity contribution in [1.82, 2.24) is 5.32 Å². The minimum Gasteiger partial charge on any atom is -0.497 e. The summed E-state index contributed by atoms with van der Waals surface area (Å²) in [5, 5.41) is 11.5. The Balaban J connectivity index is 2.55. The second-order valence-corrected chi connectivity index (χ2v) is 4.58. The fourth-order valence-corrected chi connectivity index (χ4v) is 1.46. The monoisotopic (exact) mass is 291 g/mol. The number of benzene rings is 1. The lowest BCUT2D eigenvalue weighted by Crippen LogP contribution is -2.46. The first kappa shape index (κ1) is 16.3. The summed E-state index contributed by atoms with van der Waals surface area (Å²) in [6.07, 6.45) is -5.89. The van der Waals surface area contributed by atoms with Gasteiger partial charge < -0.3 is 15.2 Å². The van der Waals surface area contributed by atoms with Gasteiger partial charge in [0.05, 0.1) is 13.5 Å². The van der Waals surface area contributed by atoms with Crippen LogP contribution in [0.4, 0.5) is 13.2 Å². The molecule has 20 heavy (non-hydrogen) atoms. The maximum atomic E-state index is 12.4. The fraction of sp³-hybridized carbons (Fsp3) is 0.462. The number of hydrogen-bond acceptors (Lipinski definition) is 3. The Morgan fingerprint density at radius 3 is 2.60 bits per heavy atom. The lowest BCUT2D eigenvalue weighted by Gasteiger charge is -2.25. The molecular formula is C13H16F3NO3. The summed E-state index contributed by atoms with van der Waals surface area (Å²) in [5.41, 5.74) is -2.35. The first-order chi connectivity index (χ1) is 9.15. The summed E-state index contributed by atoms with van der Waals surface area (Å²) < 4.78 is 42.2. The van der Waals surface area contributed by atoms with Gasteiger partial charge in [-0.1, -0.05) is 12.1 Å². The Labute approximate surface area is 114 Å². The Morgan fingerprint density at radius 2 is 2.05 bits per heavy atom. The highest BCUT2D eigenvalue weighted by atomic mass is 19.4. The molecule has 4 nitrogen and oxygen atoms in total. The summed E-state index contributed by atoms with van der Waals surface area (Å²) in [7, 11) is 1.48. The molecule has 1 rings (SSSR count). The molecule has 0 radical (unpaired) electrons. The van der Waals surface area contributed by atoms with E-state index in [1.165, 1.54) is 7.11 Å². The third kappa shape index (κ3) is 4.41. The van der Waals surface area contributed by atoms with E-state index in [1.807, 2.05) is 0 Å². The molecule has 0 heterocycles. The van der Waals surface area contributed by atoms with Gasteiger partial charge in [0.15, 0.2) is 5.60 Å². The van der Waals surface area contributed by atoms with Gasteiger partial charge in [0.25, 0.3) is 0 Å². The predicted molar refractivity (Wildman–Crippen MR) is 66.1 cm³/mol. The molecule has 0 saturated carbocycles. The van der Waals surface area contributed by atoms with Gasteiger partial charge in [-0.25, -0.2) is 0 Å². The third-order valence-corrected chi connectivity index (χ3v) is 2.74. The van der Waals surface area contributed by atoms with E-state index in [0.717, 1.165) is 0 Å². The zero-order valence-electron chi connectivity index (χ0n) is 11.1. The number of rotatable bonds is 5. The van der Waals surface area contributed by atoms with Crippen molar-refractivity contribution in [2.75, 3.05) is 7.11 Å². The first-order valence-electron chi connectivity index (χ1n) is 5.84. The summed E-state index contributed by atoms with van der Waals surface area (Å²) in [6, 6.07) is 6.76. The number of carbonyl (C=O) groups excluding carboxylic acids is 1. The number of halogens is 3. The third-order valence-electron chi connectivity index (χ3n) is 2.74. The largest absolute Gasteiger partial charge is 0.497 e. The number of carbonyl (C=O) groups is 1. The van der Waals surface area contributed by atoms with Crippen LogP contribution in [-0.2, 0) is 11.3 Å². The SMILES string of the molecule is COc1cccc(CNC(=O)C[C@@](C)(O)C(F)(F)F)c1. The summed E-state index contributed by atoms with van der Waals surface area (Å²) in [5.74, 6) is -0.297. The normalized spacial score (nSPS) is 14.5. The van der Waals surface area contributed by atoms with Crippen molar-refractivity contribution in [1.29, 1.82) is 0 Å². The highest BCUT2D eigenvalue weighted by Crippen LogP contribution is 2.32. The van der Waals surface area contributed by atoms with Crippen LogP contribution in [-0.4, -0.2) is 29.9 Å². The molecule has 0 bridgehead atoms.